The molecule has 0 aromatic heterocycles. The van der Waals surface area contributed by atoms with Gasteiger partial charge in [0.2, 0.25) is 10.0 Å². The number of rotatable bonds is 7. The third-order valence-electron chi connectivity index (χ3n) is 3.40. The first-order chi connectivity index (χ1) is 10.6. The van der Waals surface area contributed by atoms with Crippen LogP contribution in [0.25, 0.3) is 0 Å². The summed E-state index contributed by atoms with van der Waals surface area (Å²) >= 11 is 0. The molecule has 1 saturated heterocycles. The molecule has 0 saturated carbocycles. The Morgan fingerprint density at radius 2 is 1.82 bits per heavy atom. The molecule has 1 aliphatic rings. The number of carbonyl (C=O) groups excluding carboxylic acids is 1. The molecule has 3 N–H and O–H groups in total. The minimum atomic E-state index is -3.51. The highest BCUT2D eigenvalue weighted by atomic mass is 32.2. The van der Waals surface area contributed by atoms with Gasteiger partial charge in [-0.15, -0.1) is 0 Å². The Bertz CT molecular complexity index is 571. The molecule has 0 aliphatic carbocycles. The van der Waals surface area contributed by atoms with Gasteiger partial charge < -0.3 is 15.0 Å². The van der Waals surface area contributed by atoms with Crippen molar-refractivity contribution >= 4 is 15.9 Å². The van der Waals surface area contributed by atoms with Crippen molar-refractivity contribution in [2.45, 2.75) is 4.90 Å². The zero-order valence-electron chi connectivity index (χ0n) is 12.4. The van der Waals surface area contributed by atoms with Crippen molar-refractivity contribution in [1.82, 2.24) is 10.0 Å². The topological polar surface area (TPSA) is 88.9 Å². The van der Waals surface area contributed by atoms with E-state index in [1.807, 2.05) is 0 Å². The molecule has 1 heterocycles. The van der Waals surface area contributed by atoms with E-state index in [1.54, 1.807) is 18.2 Å². The van der Waals surface area contributed by atoms with E-state index < -0.39 is 10.0 Å². The fourth-order valence-corrected chi connectivity index (χ4v) is 3.25. The molecule has 0 unspecified atom stereocenters. The SMILES string of the molecule is O=C(C[NH+]1CCOCC1)NCCNS(=O)(=O)c1ccccc1. The molecule has 2 rings (SSSR count). The van der Waals surface area contributed by atoms with Crippen molar-refractivity contribution in [3.05, 3.63) is 30.3 Å². The first kappa shape index (κ1) is 16.9. The van der Waals surface area contributed by atoms with Gasteiger partial charge in [0.15, 0.2) is 6.54 Å². The van der Waals surface area contributed by atoms with E-state index in [0.29, 0.717) is 19.8 Å². The van der Waals surface area contributed by atoms with Gasteiger partial charge >= 0.3 is 0 Å². The molecule has 22 heavy (non-hydrogen) atoms. The number of carbonyl (C=O) groups is 1. The Kier molecular flexibility index (Phi) is 6.32. The largest absolute Gasteiger partial charge is 0.370 e. The summed E-state index contributed by atoms with van der Waals surface area (Å²) in [5.41, 5.74) is 0. The van der Waals surface area contributed by atoms with Crippen molar-refractivity contribution in [2.75, 3.05) is 45.9 Å². The number of nitrogens with one attached hydrogen (secondary N) is 3. The number of ether oxygens (including phenoxy) is 1. The van der Waals surface area contributed by atoms with Gasteiger partial charge in [0.05, 0.1) is 18.1 Å². The smallest absolute Gasteiger partial charge is 0.275 e. The van der Waals surface area contributed by atoms with Gasteiger partial charge in [0.1, 0.15) is 13.1 Å². The summed E-state index contributed by atoms with van der Waals surface area (Å²) in [6, 6.07) is 8.15. The van der Waals surface area contributed by atoms with Crippen LogP contribution in [0.2, 0.25) is 0 Å². The van der Waals surface area contributed by atoms with E-state index in [0.717, 1.165) is 13.1 Å². The van der Waals surface area contributed by atoms with Gasteiger partial charge in [0.25, 0.3) is 5.91 Å². The lowest BCUT2D eigenvalue weighted by Gasteiger charge is -2.23. The zero-order valence-corrected chi connectivity index (χ0v) is 13.2. The molecule has 1 aromatic carbocycles. The summed E-state index contributed by atoms with van der Waals surface area (Å²) < 4.78 is 31.6. The quantitative estimate of drug-likeness (QED) is 0.505. The predicted octanol–water partition coefficient (Wildman–Crippen LogP) is -2.00. The second kappa shape index (κ2) is 8.23. The van der Waals surface area contributed by atoms with Crippen LogP contribution in [0.5, 0.6) is 0 Å². The minimum absolute atomic E-state index is 0.0733. The average molecular weight is 328 g/mol. The third-order valence-corrected chi connectivity index (χ3v) is 4.88. The Morgan fingerprint density at radius 1 is 1.14 bits per heavy atom. The molecule has 7 nitrogen and oxygen atoms in total. The van der Waals surface area contributed by atoms with E-state index in [9.17, 15) is 13.2 Å². The summed E-state index contributed by atoms with van der Waals surface area (Å²) in [6.45, 7) is 3.85. The van der Waals surface area contributed by atoms with Gasteiger partial charge in [-0.25, -0.2) is 13.1 Å². The van der Waals surface area contributed by atoms with Crippen LogP contribution in [0, 0.1) is 0 Å². The summed E-state index contributed by atoms with van der Waals surface area (Å²) in [4.78, 5) is 13.2. The monoisotopic (exact) mass is 328 g/mol. The number of hydrogen-bond acceptors (Lipinski definition) is 4. The van der Waals surface area contributed by atoms with Crippen LogP contribution in [0.1, 0.15) is 0 Å². The zero-order chi connectivity index (χ0) is 15.8. The highest BCUT2D eigenvalue weighted by Gasteiger charge is 2.17. The molecule has 0 atom stereocenters. The molecular formula is C14H22N3O4S+. The molecule has 0 spiro atoms. The van der Waals surface area contributed by atoms with Gasteiger partial charge in [-0.1, -0.05) is 18.2 Å². The Labute approximate surface area is 130 Å². The van der Waals surface area contributed by atoms with Crippen LogP contribution in [0.3, 0.4) is 0 Å². The van der Waals surface area contributed by atoms with E-state index in [-0.39, 0.29) is 23.9 Å². The van der Waals surface area contributed by atoms with Crippen molar-refractivity contribution in [3.8, 4) is 0 Å². The highest BCUT2D eigenvalue weighted by molar-refractivity contribution is 7.89. The lowest BCUT2D eigenvalue weighted by Crippen LogP contribution is -3.15. The second-order valence-corrected chi connectivity index (χ2v) is 6.87. The van der Waals surface area contributed by atoms with Crippen molar-refractivity contribution in [2.24, 2.45) is 0 Å². The lowest BCUT2D eigenvalue weighted by atomic mass is 10.4. The highest BCUT2D eigenvalue weighted by Crippen LogP contribution is 2.06. The van der Waals surface area contributed by atoms with E-state index >= 15 is 0 Å². The van der Waals surface area contributed by atoms with Crippen molar-refractivity contribution < 1.29 is 22.8 Å². The van der Waals surface area contributed by atoms with Crippen LogP contribution in [-0.2, 0) is 19.6 Å². The lowest BCUT2D eigenvalue weighted by molar-refractivity contribution is -0.900. The van der Waals surface area contributed by atoms with E-state index in [2.05, 4.69) is 10.0 Å². The van der Waals surface area contributed by atoms with Gasteiger partial charge in [-0.2, -0.15) is 0 Å². The molecule has 1 amide bonds. The van der Waals surface area contributed by atoms with Crippen LogP contribution < -0.4 is 14.9 Å². The van der Waals surface area contributed by atoms with Crippen molar-refractivity contribution in [3.63, 3.8) is 0 Å². The Morgan fingerprint density at radius 3 is 2.50 bits per heavy atom. The number of benzene rings is 1. The maximum Gasteiger partial charge on any atom is 0.275 e. The third kappa shape index (κ3) is 5.38. The maximum absolute atomic E-state index is 12.0. The number of quaternary nitrogens is 1. The fraction of sp³-hybridized carbons (Fsp3) is 0.500. The second-order valence-electron chi connectivity index (χ2n) is 5.10. The molecule has 1 aliphatic heterocycles. The van der Waals surface area contributed by atoms with Gasteiger partial charge in [-0.3, -0.25) is 4.79 Å². The van der Waals surface area contributed by atoms with Crippen LogP contribution in [-0.4, -0.2) is 60.3 Å². The van der Waals surface area contributed by atoms with E-state index in [1.165, 1.54) is 17.0 Å². The summed E-state index contributed by atoms with van der Waals surface area (Å²) in [6.07, 6.45) is 0. The molecule has 1 fully saturated rings. The molecule has 8 heteroatoms. The van der Waals surface area contributed by atoms with Gasteiger partial charge in [-0.05, 0) is 12.1 Å². The first-order valence-corrected chi connectivity index (χ1v) is 8.79. The molecular weight excluding hydrogens is 306 g/mol. The number of sulfonamides is 1. The first-order valence-electron chi connectivity index (χ1n) is 7.31. The van der Waals surface area contributed by atoms with Crippen molar-refractivity contribution in [1.29, 1.82) is 0 Å². The fourth-order valence-electron chi connectivity index (χ4n) is 2.20. The minimum Gasteiger partial charge on any atom is -0.370 e. The van der Waals surface area contributed by atoms with E-state index in [4.69, 9.17) is 4.74 Å². The normalized spacial score (nSPS) is 16.4. The van der Waals surface area contributed by atoms with Crippen LogP contribution in [0.15, 0.2) is 35.2 Å². The Balaban J connectivity index is 1.67. The standard InChI is InChI=1S/C14H21N3O4S/c18-14(12-17-8-10-21-11-9-17)15-6-7-16-22(19,20)13-4-2-1-3-5-13/h1-5,16H,6-12H2,(H,15,18)/p+1. The van der Waals surface area contributed by atoms with Gasteiger partial charge in [0, 0.05) is 13.1 Å². The molecule has 122 valence electrons. The van der Waals surface area contributed by atoms with Crippen LogP contribution in [0.4, 0.5) is 0 Å². The predicted molar refractivity (Wildman–Crippen MR) is 81.0 cm³/mol. The summed E-state index contributed by atoms with van der Waals surface area (Å²) in [5, 5.41) is 2.73. The van der Waals surface area contributed by atoms with Crippen LogP contribution >= 0.6 is 0 Å². The number of amides is 1. The molecule has 1 aromatic rings. The Hall–Kier alpha value is -1.48. The molecule has 0 radical (unpaired) electrons. The average Bonchev–Trinajstić information content (AvgIpc) is 2.53. The number of hydrogen-bond donors (Lipinski definition) is 3. The number of morpholine rings is 1. The maximum atomic E-state index is 12.0. The molecule has 0 bridgehead atoms. The summed E-state index contributed by atoms with van der Waals surface area (Å²) in [7, 11) is -3.51. The summed E-state index contributed by atoms with van der Waals surface area (Å²) in [5.74, 6) is -0.0733.